The Morgan fingerprint density at radius 3 is 2.55 bits per heavy atom. The highest BCUT2D eigenvalue weighted by atomic mass is 19.2. The molecular weight excluding hydrogens is 431 g/mol. The van der Waals surface area contributed by atoms with E-state index in [1.165, 1.54) is 0 Å². The number of hydrogen-bond acceptors (Lipinski definition) is 4. The lowest BCUT2D eigenvalue weighted by Crippen LogP contribution is -2.02. The maximum Gasteiger partial charge on any atom is 0.194 e. The Hall–Kier alpha value is -3.88. The van der Waals surface area contributed by atoms with Crippen LogP contribution in [0.1, 0.15) is 40.8 Å². The number of hydrogen-bond donors (Lipinski definition) is 0. The molecule has 1 aliphatic heterocycles. The van der Waals surface area contributed by atoms with Crippen molar-refractivity contribution in [2.75, 3.05) is 7.11 Å². The normalized spacial score (nSPS) is 15.4. The van der Waals surface area contributed by atoms with Gasteiger partial charge in [-0.3, -0.25) is 0 Å². The molecule has 0 bridgehead atoms. The molecule has 0 spiro atoms. The molecular formula is C24H20F3N5O. The molecule has 6 nitrogen and oxygen atoms in total. The van der Waals surface area contributed by atoms with E-state index in [0.29, 0.717) is 35.9 Å². The van der Waals surface area contributed by atoms with Gasteiger partial charge in [-0.15, -0.1) is 10.2 Å². The van der Waals surface area contributed by atoms with Crippen molar-refractivity contribution in [3.8, 4) is 11.4 Å². The average molecular weight is 451 g/mol. The lowest BCUT2D eigenvalue weighted by Gasteiger charge is -2.10. The highest BCUT2D eigenvalue weighted by Crippen LogP contribution is 2.35. The number of aryl methyl sites for hydroxylation is 1. The number of ether oxygens (including phenoxy) is 1. The fourth-order valence-electron chi connectivity index (χ4n) is 4.15. The molecule has 0 unspecified atom stereocenters. The summed E-state index contributed by atoms with van der Waals surface area (Å²) in [5.74, 6) is -2.29. The topological polar surface area (TPSA) is 57.8 Å². The first-order valence-electron chi connectivity index (χ1n) is 10.4. The molecule has 168 valence electrons. The molecule has 0 N–H and O–H groups in total. The van der Waals surface area contributed by atoms with Crippen molar-refractivity contribution in [1.29, 1.82) is 0 Å². The summed E-state index contributed by atoms with van der Waals surface area (Å²) in [7, 11) is 1.61. The third kappa shape index (κ3) is 3.79. The van der Waals surface area contributed by atoms with Crippen LogP contribution in [0.4, 0.5) is 13.2 Å². The van der Waals surface area contributed by atoms with Crippen LogP contribution in [-0.4, -0.2) is 31.4 Å². The summed E-state index contributed by atoms with van der Waals surface area (Å²) in [6.07, 6.45) is 7.98. The largest absolute Gasteiger partial charge is 0.495 e. The zero-order valence-electron chi connectivity index (χ0n) is 18.0. The summed E-state index contributed by atoms with van der Waals surface area (Å²) < 4.78 is 50.1. The van der Waals surface area contributed by atoms with Crippen LogP contribution < -0.4 is 4.74 Å². The van der Waals surface area contributed by atoms with Crippen molar-refractivity contribution in [2.45, 2.75) is 25.8 Å². The Kier molecular flexibility index (Phi) is 5.24. The van der Waals surface area contributed by atoms with Gasteiger partial charge in [-0.05, 0) is 54.8 Å². The van der Waals surface area contributed by atoms with Gasteiger partial charge in [0, 0.05) is 18.7 Å². The maximum atomic E-state index is 13.7. The van der Waals surface area contributed by atoms with Crippen LogP contribution in [0.25, 0.3) is 17.8 Å². The molecule has 1 atom stereocenters. The van der Waals surface area contributed by atoms with E-state index in [4.69, 9.17) is 4.74 Å². The molecule has 3 heterocycles. The first kappa shape index (κ1) is 21.0. The zero-order chi connectivity index (χ0) is 23.1. The highest BCUT2D eigenvalue weighted by molar-refractivity contribution is 5.69. The van der Waals surface area contributed by atoms with Gasteiger partial charge in [0.05, 0.1) is 24.8 Å². The standard InChI is InChI=1S/C24H20F3N5O/c1-14-12-31(13-28-14)20-5-3-15(9-21(20)33-2)4-6-22-29-30-24-17(7-8-32(22)24)16-10-18(25)23(27)19(26)11-16/h3-6,9-13,17H,7-8H2,1-2H3/t17-/m1/s1. The van der Waals surface area contributed by atoms with Crippen LogP contribution in [0.15, 0.2) is 42.9 Å². The molecule has 5 rings (SSSR count). The van der Waals surface area contributed by atoms with Crippen molar-refractivity contribution < 1.29 is 17.9 Å². The van der Waals surface area contributed by atoms with Crippen molar-refractivity contribution in [1.82, 2.24) is 24.3 Å². The number of aromatic nitrogens is 5. The van der Waals surface area contributed by atoms with Crippen LogP contribution in [0, 0.1) is 24.4 Å². The number of nitrogens with zero attached hydrogens (tertiary/aromatic N) is 5. The molecule has 2 aromatic heterocycles. The number of methoxy groups -OCH3 is 1. The van der Waals surface area contributed by atoms with Crippen molar-refractivity contribution in [3.05, 3.63) is 88.8 Å². The Morgan fingerprint density at radius 1 is 1.06 bits per heavy atom. The summed E-state index contributed by atoms with van der Waals surface area (Å²) >= 11 is 0. The Morgan fingerprint density at radius 2 is 1.85 bits per heavy atom. The van der Waals surface area contributed by atoms with Gasteiger partial charge in [-0.2, -0.15) is 0 Å². The van der Waals surface area contributed by atoms with Crippen molar-refractivity contribution in [2.24, 2.45) is 0 Å². The third-order valence-electron chi connectivity index (χ3n) is 5.79. The van der Waals surface area contributed by atoms with E-state index in [-0.39, 0.29) is 5.92 Å². The first-order chi connectivity index (χ1) is 15.9. The number of rotatable bonds is 5. The van der Waals surface area contributed by atoms with Crippen molar-refractivity contribution >= 4 is 12.2 Å². The second kappa shape index (κ2) is 8.23. The molecule has 4 aromatic rings. The Balaban J connectivity index is 1.41. The molecule has 2 aromatic carbocycles. The second-order valence-electron chi connectivity index (χ2n) is 7.89. The van der Waals surface area contributed by atoms with Gasteiger partial charge in [0.15, 0.2) is 23.3 Å². The van der Waals surface area contributed by atoms with Crippen molar-refractivity contribution in [3.63, 3.8) is 0 Å². The Bertz CT molecular complexity index is 1350. The molecule has 0 saturated carbocycles. The van der Waals surface area contributed by atoms with E-state index in [2.05, 4.69) is 15.2 Å². The molecule has 33 heavy (non-hydrogen) atoms. The average Bonchev–Trinajstić information content (AvgIpc) is 3.52. The van der Waals surface area contributed by atoms with Gasteiger partial charge in [0.2, 0.25) is 0 Å². The van der Waals surface area contributed by atoms with Crippen LogP contribution in [0.3, 0.4) is 0 Å². The van der Waals surface area contributed by atoms with E-state index in [0.717, 1.165) is 29.1 Å². The van der Waals surface area contributed by atoms with E-state index in [9.17, 15) is 13.2 Å². The van der Waals surface area contributed by atoms with E-state index in [1.807, 2.05) is 52.6 Å². The summed E-state index contributed by atoms with van der Waals surface area (Å²) in [5, 5.41) is 8.45. The molecule has 9 heteroatoms. The zero-order valence-corrected chi connectivity index (χ0v) is 18.0. The van der Waals surface area contributed by atoms with Crippen LogP contribution >= 0.6 is 0 Å². The van der Waals surface area contributed by atoms with Gasteiger partial charge in [0.1, 0.15) is 11.6 Å². The SMILES string of the molecule is COc1cc(C=Cc2nnc3n2CC[C@@H]3c2cc(F)c(F)c(F)c2)ccc1-n1cnc(C)c1. The van der Waals surface area contributed by atoms with Crippen LogP contribution in [-0.2, 0) is 6.54 Å². The predicted octanol–water partition coefficient (Wildman–Crippen LogP) is 4.90. The van der Waals surface area contributed by atoms with Gasteiger partial charge >= 0.3 is 0 Å². The quantitative estimate of drug-likeness (QED) is 0.405. The lowest BCUT2D eigenvalue weighted by atomic mass is 9.97. The maximum absolute atomic E-state index is 13.7. The van der Waals surface area contributed by atoms with Crippen LogP contribution in [0.2, 0.25) is 0 Å². The number of imidazole rings is 1. The molecule has 1 aliphatic rings. The molecule has 0 aliphatic carbocycles. The summed E-state index contributed by atoms with van der Waals surface area (Å²) in [4.78, 5) is 4.25. The molecule has 0 fully saturated rings. The monoisotopic (exact) mass is 451 g/mol. The minimum absolute atomic E-state index is 0.345. The number of halogens is 3. The van der Waals surface area contributed by atoms with Crippen LogP contribution in [0.5, 0.6) is 5.75 Å². The second-order valence-corrected chi connectivity index (χ2v) is 7.89. The minimum Gasteiger partial charge on any atom is -0.495 e. The third-order valence-corrected chi connectivity index (χ3v) is 5.79. The van der Waals surface area contributed by atoms with Gasteiger partial charge in [-0.1, -0.05) is 12.1 Å². The van der Waals surface area contributed by atoms with Gasteiger partial charge in [-0.25, -0.2) is 18.2 Å². The summed E-state index contributed by atoms with van der Waals surface area (Å²) in [6, 6.07) is 7.87. The van der Waals surface area contributed by atoms with E-state index >= 15 is 0 Å². The Labute approximate surface area is 188 Å². The fraction of sp³-hybridized carbons (Fsp3) is 0.208. The lowest BCUT2D eigenvalue weighted by molar-refractivity contribution is 0.413. The smallest absolute Gasteiger partial charge is 0.194 e. The predicted molar refractivity (Wildman–Crippen MR) is 117 cm³/mol. The van der Waals surface area contributed by atoms with E-state index < -0.39 is 17.5 Å². The fourth-order valence-corrected chi connectivity index (χ4v) is 4.15. The molecule has 0 saturated heterocycles. The first-order valence-corrected chi connectivity index (χ1v) is 10.4. The summed E-state index contributed by atoms with van der Waals surface area (Å²) in [6.45, 7) is 2.51. The van der Waals surface area contributed by atoms with Gasteiger partial charge in [0.25, 0.3) is 0 Å². The van der Waals surface area contributed by atoms with E-state index in [1.54, 1.807) is 13.4 Å². The minimum atomic E-state index is -1.47. The molecule has 0 amide bonds. The van der Waals surface area contributed by atoms with Gasteiger partial charge < -0.3 is 13.9 Å². The molecule has 0 radical (unpaired) electrons. The summed E-state index contributed by atoms with van der Waals surface area (Å²) in [5.41, 5.74) is 3.04. The highest BCUT2D eigenvalue weighted by Gasteiger charge is 2.29. The number of fused-ring (bicyclic) bond motifs is 1. The number of benzene rings is 2.